The molecule has 0 heterocycles. The number of hydrogen-bond donors (Lipinski definition) is 2. The van der Waals surface area contributed by atoms with Crippen LogP contribution in [-0.2, 0) is 10.0 Å². The summed E-state index contributed by atoms with van der Waals surface area (Å²) in [5.74, 6) is -1.11. The summed E-state index contributed by atoms with van der Waals surface area (Å²) in [6.07, 6.45) is -0.503. The zero-order valence-electron chi connectivity index (χ0n) is 10.0. The van der Waals surface area contributed by atoms with Crippen molar-refractivity contribution in [2.24, 2.45) is 0 Å². The van der Waals surface area contributed by atoms with Gasteiger partial charge in [-0.3, -0.25) is 10.1 Å². The highest BCUT2D eigenvalue weighted by molar-refractivity contribution is 7.89. The van der Waals surface area contributed by atoms with E-state index >= 15 is 0 Å². The fourth-order valence-corrected chi connectivity index (χ4v) is 2.33. The van der Waals surface area contributed by atoms with E-state index in [0.29, 0.717) is 18.6 Å². The van der Waals surface area contributed by atoms with Crippen LogP contribution in [0.3, 0.4) is 0 Å². The van der Waals surface area contributed by atoms with Gasteiger partial charge >= 0.3 is 5.69 Å². The molecule has 0 fully saturated rings. The van der Waals surface area contributed by atoms with Gasteiger partial charge in [0.15, 0.2) is 0 Å². The largest absolute Gasteiger partial charge is 0.392 e. The third kappa shape index (κ3) is 3.94. The number of aliphatic hydroxyl groups is 1. The molecule has 7 nitrogen and oxygen atoms in total. The van der Waals surface area contributed by atoms with E-state index in [1.165, 1.54) is 0 Å². The molecular weight excluding hydrogens is 279 g/mol. The first-order chi connectivity index (χ1) is 8.77. The summed E-state index contributed by atoms with van der Waals surface area (Å²) in [6, 6.07) is 2.27. The number of benzene rings is 1. The zero-order valence-corrected chi connectivity index (χ0v) is 10.9. The number of nitro groups is 1. The smallest absolute Gasteiger partial charge is 0.306 e. The minimum atomic E-state index is -4.02. The molecule has 0 aliphatic carbocycles. The van der Waals surface area contributed by atoms with Crippen molar-refractivity contribution < 1.29 is 22.8 Å². The lowest BCUT2D eigenvalue weighted by Gasteiger charge is -2.10. The summed E-state index contributed by atoms with van der Waals surface area (Å²) >= 11 is 0. The molecule has 0 spiro atoms. The van der Waals surface area contributed by atoms with Crippen molar-refractivity contribution >= 4 is 15.7 Å². The second-order valence-corrected chi connectivity index (χ2v) is 5.55. The highest BCUT2D eigenvalue weighted by Gasteiger charge is 2.21. The van der Waals surface area contributed by atoms with Gasteiger partial charge < -0.3 is 5.11 Å². The summed E-state index contributed by atoms with van der Waals surface area (Å²) in [5.41, 5.74) is -0.918. The molecule has 0 radical (unpaired) electrons. The molecule has 106 valence electrons. The Kier molecular flexibility index (Phi) is 4.92. The number of hydrogen-bond acceptors (Lipinski definition) is 5. The maximum Gasteiger partial charge on any atom is 0.306 e. The fourth-order valence-electron chi connectivity index (χ4n) is 1.23. The molecule has 1 rings (SSSR count). The number of nitrogens with zero attached hydrogens (tertiary/aromatic N) is 1. The molecule has 1 atom stereocenters. The number of nitrogens with one attached hydrogen (secondary N) is 1. The lowest BCUT2D eigenvalue weighted by atomic mass is 10.3. The van der Waals surface area contributed by atoms with Crippen LogP contribution in [0.15, 0.2) is 23.1 Å². The monoisotopic (exact) mass is 292 g/mol. The molecule has 1 aromatic carbocycles. The van der Waals surface area contributed by atoms with Gasteiger partial charge in [-0.1, -0.05) is 6.92 Å². The number of nitro benzene ring substituents is 1. The topological polar surface area (TPSA) is 110 Å². The van der Waals surface area contributed by atoms with Gasteiger partial charge in [-0.2, -0.15) is 4.39 Å². The summed E-state index contributed by atoms with van der Waals surface area (Å²) in [4.78, 5) is 9.09. The van der Waals surface area contributed by atoms with Crippen molar-refractivity contribution in [2.75, 3.05) is 6.54 Å². The van der Waals surface area contributed by atoms with E-state index in [0.717, 1.165) is 6.07 Å². The lowest BCUT2D eigenvalue weighted by Crippen LogP contribution is -2.31. The maximum atomic E-state index is 13.1. The van der Waals surface area contributed by atoms with E-state index in [1.807, 2.05) is 0 Å². The Morgan fingerprint density at radius 1 is 1.53 bits per heavy atom. The van der Waals surface area contributed by atoms with Gasteiger partial charge in [0.1, 0.15) is 0 Å². The van der Waals surface area contributed by atoms with E-state index < -0.39 is 37.5 Å². The average molecular weight is 292 g/mol. The molecule has 0 saturated heterocycles. The van der Waals surface area contributed by atoms with Crippen molar-refractivity contribution in [1.29, 1.82) is 0 Å². The number of sulfonamides is 1. The normalized spacial score (nSPS) is 13.2. The van der Waals surface area contributed by atoms with E-state index in [2.05, 4.69) is 4.72 Å². The first-order valence-electron chi connectivity index (χ1n) is 5.39. The molecule has 1 unspecified atom stereocenters. The van der Waals surface area contributed by atoms with Crippen molar-refractivity contribution in [3.05, 3.63) is 34.1 Å². The molecule has 2 N–H and O–H groups in total. The minimum absolute atomic E-state index is 0.218. The van der Waals surface area contributed by atoms with Gasteiger partial charge in [-0.05, 0) is 18.6 Å². The highest BCUT2D eigenvalue weighted by atomic mass is 32.2. The molecule has 0 bridgehead atoms. The molecular formula is C10H13FN2O5S. The van der Waals surface area contributed by atoms with Crippen LogP contribution in [-0.4, -0.2) is 31.1 Å². The molecule has 9 heteroatoms. The van der Waals surface area contributed by atoms with Crippen molar-refractivity contribution in [3.8, 4) is 0 Å². The van der Waals surface area contributed by atoms with Gasteiger partial charge in [0, 0.05) is 12.6 Å². The summed E-state index contributed by atoms with van der Waals surface area (Å²) in [6.45, 7) is 1.45. The third-order valence-corrected chi connectivity index (χ3v) is 3.83. The van der Waals surface area contributed by atoms with E-state index in [-0.39, 0.29) is 6.54 Å². The van der Waals surface area contributed by atoms with Crippen LogP contribution in [0.4, 0.5) is 10.1 Å². The second-order valence-electron chi connectivity index (χ2n) is 3.78. The van der Waals surface area contributed by atoms with Crippen molar-refractivity contribution in [2.45, 2.75) is 24.3 Å². The first kappa shape index (κ1) is 15.5. The Balaban J connectivity index is 3.02. The standard InChI is InChI=1S/C10H13FN2O5S/c1-2-7(14)6-12-19(17,18)8-3-4-9(11)10(5-8)13(15)16/h3-5,7,12,14H,2,6H2,1H3. The van der Waals surface area contributed by atoms with Crippen LogP contribution in [0.1, 0.15) is 13.3 Å². The Morgan fingerprint density at radius 2 is 2.16 bits per heavy atom. The Bertz CT molecular complexity index is 575. The highest BCUT2D eigenvalue weighted by Crippen LogP contribution is 2.21. The second kappa shape index (κ2) is 6.04. The molecule has 19 heavy (non-hydrogen) atoms. The van der Waals surface area contributed by atoms with E-state index in [4.69, 9.17) is 0 Å². The Labute approximate surface area is 109 Å². The van der Waals surface area contributed by atoms with Crippen LogP contribution in [0, 0.1) is 15.9 Å². The van der Waals surface area contributed by atoms with E-state index in [9.17, 15) is 28.0 Å². The maximum absolute atomic E-state index is 13.1. The molecule has 0 aromatic heterocycles. The van der Waals surface area contributed by atoms with E-state index in [1.54, 1.807) is 6.92 Å². The molecule has 0 aliphatic heterocycles. The van der Waals surface area contributed by atoms with Crippen LogP contribution in [0.25, 0.3) is 0 Å². The Hall–Kier alpha value is -1.58. The Morgan fingerprint density at radius 3 is 2.68 bits per heavy atom. The van der Waals surface area contributed by atoms with Crippen LogP contribution < -0.4 is 4.72 Å². The van der Waals surface area contributed by atoms with Gasteiger partial charge in [-0.15, -0.1) is 0 Å². The predicted octanol–water partition coefficient (Wildman–Crippen LogP) is 0.783. The molecule has 1 aromatic rings. The van der Waals surface area contributed by atoms with Gasteiger partial charge in [0.2, 0.25) is 15.8 Å². The third-order valence-electron chi connectivity index (χ3n) is 2.40. The summed E-state index contributed by atoms with van der Waals surface area (Å²) < 4.78 is 38.7. The number of halogens is 1. The zero-order chi connectivity index (χ0) is 14.6. The summed E-state index contributed by atoms with van der Waals surface area (Å²) in [5, 5.41) is 19.8. The minimum Gasteiger partial charge on any atom is -0.392 e. The van der Waals surface area contributed by atoms with Gasteiger partial charge in [-0.25, -0.2) is 13.1 Å². The van der Waals surface area contributed by atoms with Gasteiger partial charge in [0.05, 0.1) is 15.9 Å². The number of rotatable bonds is 6. The van der Waals surface area contributed by atoms with Crippen LogP contribution >= 0.6 is 0 Å². The molecule has 0 amide bonds. The van der Waals surface area contributed by atoms with Crippen molar-refractivity contribution in [3.63, 3.8) is 0 Å². The average Bonchev–Trinajstić information content (AvgIpc) is 2.35. The predicted molar refractivity (Wildman–Crippen MR) is 64.5 cm³/mol. The SMILES string of the molecule is CCC(O)CNS(=O)(=O)c1ccc(F)c([N+](=O)[O-])c1. The molecule has 0 aliphatic rings. The first-order valence-corrected chi connectivity index (χ1v) is 6.88. The molecule has 0 saturated carbocycles. The lowest BCUT2D eigenvalue weighted by molar-refractivity contribution is -0.387. The van der Waals surface area contributed by atoms with Crippen molar-refractivity contribution in [1.82, 2.24) is 4.72 Å². The van der Waals surface area contributed by atoms with Crippen LogP contribution in [0.5, 0.6) is 0 Å². The quantitative estimate of drug-likeness (QED) is 0.595. The summed E-state index contributed by atoms with van der Waals surface area (Å²) in [7, 11) is -4.02. The van der Waals surface area contributed by atoms with Crippen LogP contribution in [0.2, 0.25) is 0 Å². The van der Waals surface area contributed by atoms with Gasteiger partial charge in [0.25, 0.3) is 0 Å². The fraction of sp³-hybridized carbons (Fsp3) is 0.400. The number of aliphatic hydroxyl groups excluding tert-OH is 1.